The fourth-order valence-electron chi connectivity index (χ4n) is 3.77. The summed E-state index contributed by atoms with van der Waals surface area (Å²) in [7, 11) is 0. The lowest BCUT2D eigenvalue weighted by Gasteiger charge is -2.33. The molecule has 3 rings (SSSR count). The smallest absolute Gasteiger partial charge is 0.370 e. The number of hydrogen-bond donors (Lipinski definition) is 1. The summed E-state index contributed by atoms with van der Waals surface area (Å²) in [6.07, 6.45) is -3.51. The first kappa shape index (κ1) is 22.5. The minimum absolute atomic E-state index is 0.0788. The molecule has 2 aromatic carbocycles. The Kier molecular flexibility index (Phi) is 6.94. The second kappa shape index (κ2) is 8.93. The van der Waals surface area contributed by atoms with Crippen molar-refractivity contribution in [3.63, 3.8) is 0 Å². The predicted molar refractivity (Wildman–Crippen MR) is 114 cm³/mol. The van der Waals surface area contributed by atoms with Crippen molar-refractivity contribution in [2.75, 3.05) is 24.5 Å². The van der Waals surface area contributed by atoms with Crippen LogP contribution in [0, 0.1) is 0 Å². The van der Waals surface area contributed by atoms with E-state index in [2.05, 4.69) is 12.2 Å². The van der Waals surface area contributed by atoms with Crippen LogP contribution in [0.3, 0.4) is 0 Å². The first-order valence-electron chi connectivity index (χ1n) is 9.43. The average Bonchev–Trinajstić information content (AvgIpc) is 3.09. The van der Waals surface area contributed by atoms with Crippen LogP contribution < -0.4 is 10.2 Å². The van der Waals surface area contributed by atoms with Gasteiger partial charge in [0.2, 0.25) is 0 Å². The van der Waals surface area contributed by atoms with E-state index in [1.165, 1.54) is 18.2 Å². The molecule has 0 bridgehead atoms. The van der Waals surface area contributed by atoms with Crippen molar-refractivity contribution in [3.8, 4) is 0 Å². The van der Waals surface area contributed by atoms with E-state index < -0.39 is 11.6 Å². The van der Waals surface area contributed by atoms with Crippen LogP contribution in [0.25, 0.3) is 0 Å². The van der Waals surface area contributed by atoms with E-state index in [4.69, 9.17) is 34.8 Å². The Morgan fingerprint density at radius 1 is 1.07 bits per heavy atom. The zero-order valence-corrected chi connectivity index (χ0v) is 18.2. The molecule has 0 radical (unpaired) electrons. The molecule has 2 aromatic rings. The summed E-state index contributed by atoms with van der Waals surface area (Å²) in [5, 5.41) is 4.21. The molecule has 0 aliphatic carbocycles. The van der Waals surface area contributed by atoms with Crippen molar-refractivity contribution >= 4 is 40.5 Å². The van der Waals surface area contributed by atoms with E-state index in [1.807, 2.05) is 12.1 Å². The van der Waals surface area contributed by atoms with Gasteiger partial charge in [-0.25, -0.2) is 0 Å². The first-order valence-corrected chi connectivity index (χ1v) is 10.6. The molecule has 0 aromatic heterocycles. The lowest BCUT2D eigenvalue weighted by Crippen LogP contribution is -2.44. The van der Waals surface area contributed by atoms with E-state index in [0.717, 1.165) is 18.5 Å². The van der Waals surface area contributed by atoms with Gasteiger partial charge in [-0.1, -0.05) is 47.8 Å². The van der Waals surface area contributed by atoms with E-state index >= 15 is 0 Å². The maximum Gasteiger partial charge on any atom is 0.400 e. The van der Waals surface area contributed by atoms with Gasteiger partial charge in [0, 0.05) is 40.4 Å². The van der Waals surface area contributed by atoms with Gasteiger partial charge in [-0.05, 0) is 60.8 Å². The van der Waals surface area contributed by atoms with E-state index in [-0.39, 0.29) is 35.1 Å². The minimum Gasteiger partial charge on any atom is -0.370 e. The number of anilines is 1. The third-order valence-corrected chi connectivity index (χ3v) is 6.16. The lowest BCUT2D eigenvalue weighted by molar-refractivity contribution is -0.184. The van der Waals surface area contributed by atoms with Gasteiger partial charge in [-0.15, -0.1) is 0 Å². The van der Waals surface area contributed by atoms with Gasteiger partial charge < -0.3 is 10.2 Å². The lowest BCUT2D eigenvalue weighted by atomic mass is 9.79. The van der Waals surface area contributed by atoms with E-state index in [0.29, 0.717) is 17.3 Å². The molecule has 1 N–H and O–H groups in total. The largest absolute Gasteiger partial charge is 0.400 e. The number of alkyl halides is 3. The molecule has 0 spiro atoms. The van der Waals surface area contributed by atoms with E-state index in [1.54, 1.807) is 11.0 Å². The second-order valence-electron chi connectivity index (χ2n) is 7.36. The van der Waals surface area contributed by atoms with Crippen LogP contribution in [0.4, 0.5) is 18.9 Å². The van der Waals surface area contributed by atoms with Crippen LogP contribution >= 0.6 is 34.8 Å². The molecule has 1 aliphatic heterocycles. The van der Waals surface area contributed by atoms with Gasteiger partial charge >= 0.3 is 6.18 Å². The molecule has 29 heavy (non-hydrogen) atoms. The summed E-state index contributed by atoms with van der Waals surface area (Å²) in [6.45, 7) is 3.62. The van der Waals surface area contributed by atoms with Gasteiger partial charge in [0.25, 0.3) is 0 Å². The normalized spacial score (nSPS) is 19.8. The highest BCUT2D eigenvalue weighted by molar-refractivity contribution is 6.34. The summed E-state index contributed by atoms with van der Waals surface area (Å²) in [5.74, 6) is 0. The highest BCUT2D eigenvalue weighted by Gasteiger charge is 2.59. The van der Waals surface area contributed by atoms with Gasteiger partial charge in [0.15, 0.2) is 0 Å². The maximum absolute atomic E-state index is 14.2. The highest BCUT2D eigenvalue weighted by atomic mass is 35.5. The van der Waals surface area contributed by atoms with Crippen LogP contribution in [0.1, 0.15) is 30.9 Å². The molecule has 1 fully saturated rings. The van der Waals surface area contributed by atoms with E-state index in [9.17, 15) is 13.2 Å². The van der Waals surface area contributed by atoms with Crippen molar-refractivity contribution in [3.05, 3.63) is 62.6 Å². The third kappa shape index (κ3) is 4.79. The number of nitrogens with one attached hydrogen (secondary N) is 1. The summed E-state index contributed by atoms with van der Waals surface area (Å²) >= 11 is 18.4. The maximum atomic E-state index is 14.2. The Hall–Kier alpha value is -1.14. The number of nitrogens with zero attached hydrogens (tertiary/aromatic N) is 1. The average molecular weight is 466 g/mol. The van der Waals surface area contributed by atoms with Crippen LogP contribution in [-0.4, -0.2) is 25.8 Å². The van der Waals surface area contributed by atoms with Crippen molar-refractivity contribution in [2.24, 2.45) is 0 Å². The number of rotatable bonds is 6. The van der Waals surface area contributed by atoms with Crippen molar-refractivity contribution in [1.82, 2.24) is 5.32 Å². The summed E-state index contributed by atoms with van der Waals surface area (Å²) in [5.41, 5.74) is -0.341. The molecule has 2 nitrogen and oxygen atoms in total. The SMILES string of the molecule is CCCNCc1ccc(N2CCC(c3cc(Cl)cc(Cl)c3)(C(F)(F)F)C2)cc1Cl. The van der Waals surface area contributed by atoms with Crippen LogP contribution in [0.15, 0.2) is 36.4 Å². The molecular weight excluding hydrogens is 444 g/mol. The summed E-state index contributed by atoms with van der Waals surface area (Å²) in [4.78, 5) is 1.72. The topological polar surface area (TPSA) is 15.3 Å². The quantitative estimate of drug-likeness (QED) is 0.469. The third-order valence-electron chi connectivity index (χ3n) is 5.37. The molecule has 8 heteroatoms. The molecule has 1 aliphatic rings. The Morgan fingerprint density at radius 3 is 2.34 bits per heavy atom. The molecule has 0 saturated carbocycles. The number of hydrogen-bond acceptors (Lipinski definition) is 2. The minimum atomic E-state index is -4.44. The molecular formula is C21H22Cl3F3N2. The van der Waals surface area contributed by atoms with Gasteiger partial charge in [0.1, 0.15) is 5.41 Å². The molecule has 1 saturated heterocycles. The standard InChI is InChI=1S/C21H22Cl3F3N2/c1-2-6-28-12-14-3-4-18(11-19(14)24)29-7-5-20(13-29,21(25,26)27)15-8-16(22)10-17(23)9-15/h3-4,8-11,28H,2,5-7,12-13H2,1H3. The molecule has 158 valence electrons. The second-order valence-corrected chi connectivity index (χ2v) is 8.64. The number of halogens is 6. The van der Waals surface area contributed by atoms with Gasteiger partial charge in [-0.3, -0.25) is 0 Å². The zero-order valence-electron chi connectivity index (χ0n) is 15.9. The van der Waals surface area contributed by atoms with Crippen molar-refractivity contribution in [1.29, 1.82) is 0 Å². The summed E-state index contributed by atoms with van der Waals surface area (Å²) < 4.78 is 42.7. The predicted octanol–water partition coefficient (Wildman–Crippen LogP) is 6.86. The fourth-order valence-corrected chi connectivity index (χ4v) is 4.53. The summed E-state index contributed by atoms with van der Waals surface area (Å²) in [6, 6.07) is 9.59. The molecule has 1 unspecified atom stereocenters. The molecule has 1 heterocycles. The van der Waals surface area contributed by atoms with Crippen molar-refractivity contribution < 1.29 is 13.2 Å². The zero-order chi connectivity index (χ0) is 21.2. The molecule has 0 amide bonds. The van der Waals surface area contributed by atoms with Crippen LogP contribution in [0.2, 0.25) is 15.1 Å². The van der Waals surface area contributed by atoms with Crippen molar-refractivity contribution in [2.45, 2.75) is 37.9 Å². The van der Waals surface area contributed by atoms with Crippen LogP contribution in [0.5, 0.6) is 0 Å². The Labute approximate surface area is 183 Å². The Morgan fingerprint density at radius 2 is 1.76 bits per heavy atom. The Bertz CT molecular complexity index is 852. The number of benzene rings is 2. The Balaban J connectivity index is 1.88. The first-order chi connectivity index (χ1) is 13.7. The molecule has 1 atom stereocenters. The van der Waals surface area contributed by atoms with Crippen LogP contribution in [-0.2, 0) is 12.0 Å². The van der Waals surface area contributed by atoms with Gasteiger partial charge in [-0.2, -0.15) is 13.2 Å². The monoisotopic (exact) mass is 464 g/mol. The van der Waals surface area contributed by atoms with Gasteiger partial charge in [0.05, 0.1) is 0 Å². The fraction of sp³-hybridized carbons (Fsp3) is 0.429. The highest BCUT2D eigenvalue weighted by Crippen LogP contribution is 2.49.